The summed E-state index contributed by atoms with van der Waals surface area (Å²) >= 11 is 0. The lowest BCUT2D eigenvalue weighted by molar-refractivity contribution is -0.126. The van der Waals surface area contributed by atoms with Crippen LogP contribution in [0.4, 0.5) is 0 Å². The first-order valence-electron chi connectivity index (χ1n) is 11.9. The Bertz CT molecular complexity index is 1420. The topological polar surface area (TPSA) is 51.9 Å². The van der Waals surface area contributed by atoms with Crippen molar-refractivity contribution in [1.29, 1.82) is 0 Å². The molecule has 178 valence electrons. The van der Waals surface area contributed by atoms with Crippen LogP contribution in [0.25, 0.3) is 27.7 Å². The number of allylic oxidation sites excluding steroid dienone is 1. The molecule has 5 heteroatoms. The summed E-state index contributed by atoms with van der Waals surface area (Å²) in [7, 11) is 1.66. The number of nitrogens with zero attached hydrogens (tertiary/aromatic N) is 1. The number of rotatable bonds is 6. The normalized spacial score (nSPS) is 13.6. The minimum atomic E-state index is 0.0108. The Balaban J connectivity index is 1.52. The molecule has 1 aromatic heterocycles. The van der Waals surface area contributed by atoms with E-state index in [-0.39, 0.29) is 5.91 Å². The predicted octanol–water partition coefficient (Wildman–Crippen LogP) is 6.50. The average molecular weight is 468 g/mol. The molecule has 1 amide bonds. The van der Waals surface area contributed by atoms with Crippen LogP contribution in [-0.2, 0) is 17.8 Å². The van der Waals surface area contributed by atoms with Crippen molar-refractivity contribution in [3.8, 4) is 22.6 Å². The number of methoxy groups -OCH3 is 1. The molecule has 0 atom stereocenters. The molecule has 0 fully saturated rings. The summed E-state index contributed by atoms with van der Waals surface area (Å²) in [5, 5.41) is 0.944. The molecule has 0 N–H and O–H groups in total. The summed E-state index contributed by atoms with van der Waals surface area (Å²) in [6, 6.07) is 20.2. The number of amides is 1. The van der Waals surface area contributed by atoms with Gasteiger partial charge in [0.2, 0.25) is 5.91 Å². The van der Waals surface area contributed by atoms with Gasteiger partial charge in [0, 0.05) is 47.3 Å². The van der Waals surface area contributed by atoms with Gasteiger partial charge in [0.05, 0.1) is 20.0 Å². The Labute approximate surface area is 205 Å². The van der Waals surface area contributed by atoms with E-state index in [2.05, 4.69) is 24.3 Å². The largest absolute Gasteiger partial charge is 0.496 e. The second-order valence-corrected chi connectivity index (χ2v) is 8.73. The molecule has 0 bridgehead atoms. The fraction of sp³-hybridized carbons (Fsp3) is 0.233. The number of fused-ring (bicyclic) bond motifs is 2. The second kappa shape index (κ2) is 9.71. The molecule has 5 nitrogen and oxygen atoms in total. The van der Waals surface area contributed by atoms with Crippen LogP contribution in [0.3, 0.4) is 0 Å². The lowest BCUT2D eigenvalue weighted by Crippen LogP contribution is -2.34. The number of carbonyl (C=O) groups excluding carboxylic acids is 1. The van der Waals surface area contributed by atoms with Crippen molar-refractivity contribution < 1.29 is 18.7 Å². The standard InChI is InChI=1S/C30H29NO4/c1-4-34-28-17-29-25(26(19-35-29)23-11-7-8-12-27(23)33-3)16-24(28)20(2)15-30(32)31-14-13-21-9-5-6-10-22(21)18-31/h5-12,15-17,19H,4,13-14,18H2,1-3H3/b20-15+. The van der Waals surface area contributed by atoms with E-state index in [9.17, 15) is 4.79 Å². The molecule has 0 saturated carbocycles. The molecule has 1 aliphatic heterocycles. The molecule has 0 aliphatic carbocycles. The molecule has 0 radical (unpaired) electrons. The monoisotopic (exact) mass is 467 g/mol. The van der Waals surface area contributed by atoms with E-state index < -0.39 is 0 Å². The lowest BCUT2D eigenvalue weighted by atomic mass is 9.98. The SMILES string of the molecule is CCOc1cc2occ(-c3ccccc3OC)c2cc1/C(C)=C/C(=O)N1CCc2ccccc2C1. The van der Waals surface area contributed by atoms with Crippen LogP contribution in [0.15, 0.2) is 77.4 Å². The third kappa shape index (κ3) is 4.42. The highest BCUT2D eigenvalue weighted by atomic mass is 16.5. The van der Waals surface area contributed by atoms with E-state index in [4.69, 9.17) is 13.9 Å². The zero-order valence-corrected chi connectivity index (χ0v) is 20.3. The molecule has 3 aromatic carbocycles. The van der Waals surface area contributed by atoms with E-state index in [0.29, 0.717) is 18.9 Å². The van der Waals surface area contributed by atoms with Gasteiger partial charge in [0.25, 0.3) is 0 Å². The summed E-state index contributed by atoms with van der Waals surface area (Å²) in [4.78, 5) is 15.1. The van der Waals surface area contributed by atoms with Crippen molar-refractivity contribution in [3.05, 3.63) is 89.7 Å². The minimum Gasteiger partial charge on any atom is -0.496 e. The van der Waals surface area contributed by atoms with Gasteiger partial charge < -0.3 is 18.8 Å². The summed E-state index contributed by atoms with van der Waals surface area (Å²) in [6.45, 7) is 5.78. The Kier molecular flexibility index (Phi) is 6.32. The number of hydrogen-bond donors (Lipinski definition) is 0. The van der Waals surface area contributed by atoms with Gasteiger partial charge in [-0.15, -0.1) is 0 Å². The van der Waals surface area contributed by atoms with Crippen molar-refractivity contribution in [1.82, 2.24) is 4.90 Å². The van der Waals surface area contributed by atoms with Crippen LogP contribution in [0.1, 0.15) is 30.5 Å². The fourth-order valence-electron chi connectivity index (χ4n) is 4.75. The Morgan fingerprint density at radius 2 is 1.80 bits per heavy atom. The van der Waals surface area contributed by atoms with Crippen LogP contribution in [0, 0.1) is 0 Å². The highest BCUT2D eigenvalue weighted by Gasteiger charge is 2.21. The van der Waals surface area contributed by atoms with Crippen molar-refractivity contribution in [2.24, 2.45) is 0 Å². The third-order valence-electron chi connectivity index (χ3n) is 6.58. The van der Waals surface area contributed by atoms with Crippen molar-refractivity contribution in [2.45, 2.75) is 26.8 Å². The van der Waals surface area contributed by atoms with Gasteiger partial charge >= 0.3 is 0 Å². The van der Waals surface area contributed by atoms with Crippen molar-refractivity contribution in [2.75, 3.05) is 20.3 Å². The second-order valence-electron chi connectivity index (χ2n) is 8.73. The molecule has 4 aromatic rings. The average Bonchev–Trinajstić information content (AvgIpc) is 3.30. The van der Waals surface area contributed by atoms with E-state index >= 15 is 0 Å². The molecular formula is C30H29NO4. The highest BCUT2D eigenvalue weighted by Crippen LogP contribution is 2.40. The number of benzene rings is 3. The van der Waals surface area contributed by atoms with E-state index in [1.807, 2.05) is 55.1 Å². The molecule has 0 spiro atoms. The smallest absolute Gasteiger partial charge is 0.247 e. The lowest BCUT2D eigenvalue weighted by Gasteiger charge is -2.28. The summed E-state index contributed by atoms with van der Waals surface area (Å²) in [5.41, 5.74) is 6.89. The number of furan rings is 1. The van der Waals surface area contributed by atoms with Gasteiger partial charge in [-0.25, -0.2) is 0 Å². The third-order valence-corrected chi connectivity index (χ3v) is 6.58. The van der Waals surface area contributed by atoms with E-state index in [1.165, 1.54) is 11.1 Å². The fourth-order valence-corrected chi connectivity index (χ4v) is 4.75. The van der Waals surface area contributed by atoms with Crippen LogP contribution in [0.2, 0.25) is 0 Å². The molecule has 0 unspecified atom stereocenters. The predicted molar refractivity (Wildman–Crippen MR) is 139 cm³/mol. The van der Waals surface area contributed by atoms with Gasteiger partial charge in [0.15, 0.2) is 0 Å². The first kappa shape index (κ1) is 22.8. The van der Waals surface area contributed by atoms with Crippen LogP contribution in [-0.4, -0.2) is 31.1 Å². The molecule has 1 aliphatic rings. The molecule has 35 heavy (non-hydrogen) atoms. The Morgan fingerprint density at radius 1 is 1.03 bits per heavy atom. The Hall–Kier alpha value is -3.99. The van der Waals surface area contributed by atoms with Gasteiger partial charge in [-0.3, -0.25) is 4.79 Å². The van der Waals surface area contributed by atoms with Gasteiger partial charge in [0.1, 0.15) is 17.1 Å². The first-order chi connectivity index (χ1) is 17.1. The van der Waals surface area contributed by atoms with Gasteiger partial charge in [-0.05, 0) is 49.1 Å². The maximum atomic E-state index is 13.2. The summed E-state index contributed by atoms with van der Waals surface area (Å²) < 4.78 is 17.4. The van der Waals surface area contributed by atoms with Crippen LogP contribution >= 0.6 is 0 Å². The zero-order valence-electron chi connectivity index (χ0n) is 20.3. The molecular weight excluding hydrogens is 438 g/mol. The molecule has 2 heterocycles. The number of para-hydroxylation sites is 1. The minimum absolute atomic E-state index is 0.0108. The van der Waals surface area contributed by atoms with Crippen LogP contribution in [0.5, 0.6) is 11.5 Å². The maximum absolute atomic E-state index is 13.2. The first-order valence-corrected chi connectivity index (χ1v) is 11.9. The van der Waals surface area contributed by atoms with Crippen LogP contribution < -0.4 is 9.47 Å². The number of hydrogen-bond acceptors (Lipinski definition) is 4. The summed E-state index contributed by atoms with van der Waals surface area (Å²) in [6.07, 6.45) is 4.35. The Morgan fingerprint density at radius 3 is 2.60 bits per heavy atom. The van der Waals surface area contributed by atoms with Crippen molar-refractivity contribution in [3.63, 3.8) is 0 Å². The highest BCUT2D eigenvalue weighted by molar-refractivity contribution is 6.01. The van der Waals surface area contributed by atoms with Gasteiger partial charge in [-0.1, -0.05) is 42.5 Å². The van der Waals surface area contributed by atoms with Crippen molar-refractivity contribution >= 4 is 22.4 Å². The van der Waals surface area contributed by atoms with Gasteiger partial charge in [-0.2, -0.15) is 0 Å². The zero-order chi connectivity index (χ0) is 24.4. The number of ether oxygens (including phenoxy) is 2. The van der Waals surface area contributed by atoms with E-state index in [0.717, 1.165) is 51.9 Å². The molecule has 0 saturated heterocycles. The maximum Gasteiger partial charge on any atom is 0.247 e. The summed E-state index contributed by atoms with van der Waals surface area (Å²) in [5.74, 6) is 1.49. The number of carbonyl (C=O) groups is 1. The quantitative estimate of drug-likeness (QED) is 0.304. The molecule has 5 rings (SSSR count). The van der Waals surface area contributed by atoms with E-state index in [1.54, 1.807) is 19.4 Å².